The van der Waals surface area contributed by atoms with E-state index in [2.05, 4.69) is 22.4 Å². The molecule has 2 N–H and O–H groups in total. The van der Waals surface area contributed by atoms with E-state index in [0.717, 1.165) is 56.0 Å². The molecule has 0 spiro atoms. The molecule has 3 heterocycles. The molecule has 0 aromatic carbocycles. The number of fused-ring (bicyclic) bond motifs is 1. The average Bonchev–Trinajstić information content (AvgIpc) is 2.90. The number of nitrogens with one attached hydrogen (secondary N) is 2. The molecule has 3 rings (SSSR count). The van der Waals surface area contributed by atoms with Crippen LogP contribution in [0, 0.1) is 0 Å². The molecule has 0 radical (unpaired) electrons. The first-order valence-electron chi connectivity index (χ1n) is 6.97. The molecule has 1 aromatic rings. The summed E-state index contributed by atoms with van der Waals surface area (Å²) >= 11 is 1.98. The normalized spacial score (nSPS) is 22.1. The van der Waals surface area contributed by atoms with Gasteiger partial charge in [-0.1, -0.05) is 6.92 Å². The molecule has 20 heavy (non-hydrogen) atoms. The molecule has 2 aliphatic heterocycles. The van der Waals surface area contributed by atoms with Crippen molar-refractivity contribution in [3.05, 3.63) is 17.0 Å². The summed E-state index contributed by atoms with van der Waals surface area (Å²) in [5, 5.41) is 11.2. The Kier molecular flexibility index (Phi) is 5.35. The highest BCUT2D eigenvalue weighted by Crippen LogP contribution is 2.24. The van der Waals surface area contributed by atoms with Gasteiger partial charge in [-0.2, -0.15) is 16.9 Å². The number of hydrogen-bond donors (Lipinski definition) is 2. The highest BCUT2D eigenvalue weighted by atomic mass is 35.5. The standard InChI is InChI=1S/C13H20N4OS.ClH/c1-2-9-8-17(5-6-19-9)13(18)12-10-7-14-4-3-11(10)15-16-12;/h9,14H,2-8H2,1H3,(H,15,16);1H. The monoisotopic (exact) mass is 316 g/mol. The maximum absolute atomic E-state index is 12.6. The number of hydrogen-bond acceptors (Lipinski definition) is 4. The van der Waals surface area contributed by atoms with Crippen LogP contribution in [0.15, 0.2) is 0 Å². The van der Waals surface area contributed by atoms with Crippen molar-refractivity contribution in [3.8, 4) is 0 Å². The van der Waals surface area contributed by atoms with Crippen molar-refractivity contribution >= 4 is 30.1 Å². The van der Waals surface area contributed by atoms with Gasteiger partial charge in [0, 0.05) is 54.9 Å². The number of rotatable bonds is 2. The van der Waals surface area contributed by atoms with Gasteiger partial charge in [-0.25, -0.2) is 0 Å². The Bertz CT molecular complexity index is 479. The fourth-order valence-electron chi connectivity index (χ4n) is 2.70. The highest BCUT2D eigenvalue weighted by molar-refractivity contribution is 8.00. The summed E-state index contributed by atoms with van der Waals surface area (Å²) in [5.41, 5.74) is 2.83. The van der Waals surface area contributed by atoms with Gasteiger partial charge < -0.3 is 10.2 Å². The molecule has 1 saturated heterocycles. The molecule has 7 heteroatoms. The third-order valence-electron chi connectivity index (χ3n) is 3.89. The number of carbonyl (C=O) groups is 1. The van der Waals surface area contributed by atoms with Gasteiger partial charge >= 0.3 is 0 Å². The summed E-state index contributed by atoms with van der Waals surface area (Å²) in [4.78, 5) is 14.6. The van der Waals surface area contributed by atoms with Crippen LogP contribution in [0.25, 0.3) is 0 Å². The third kappa shape index (κ3) is 2.97. The second-order valence-corrected chi connectivity index (χ2v) is 6.52. The zero-order valence-corrected chi connectivity index (χ0v) is 13.3. The molecule has 0 aliphatic carbocycles. The summed E-state index contributed by atoms with van der Waals surface area (Å²) in [6.45, 7) is 5.60. The molecule has 1 atom stereocenters. The van der Waals surface area contributed by atoms with E-state index in [-0.39, 0.29) is 18.3 Å². The van der Waals surface area contributed by atoms with Crippen LogP contribution in [0.3, 0.4) is 0 Å². The Hall–Kier alpha value is -0.720. The van der Waals surface area contributed by atoms with Crippen LogP contribution in [-0.2, 0) is 13.0 Å². The van der Waals surface area contributed by atoms with Crippen LogP contribution in [0.1, 0.15) is 35.1 Å². The topological polar surface area (TPSA) is 61.0 Å². The van der Waals surface area contributed by atoms with Crippen molar-refractivity contribution < 1.29 is 4.79 Å². The molecule has 1 fully saturated rings. The average molecular weight is 317 g/mol. The Morgan fingerprint density at radius 3 is 3.20 bits per heavy atom. The Morgan fingerprint density at radius 2 is 2.40 bits per heavy atom. The summed E-state index contributed by atoms with van der Waals surface area (Å²) in [7, 11) is 0. The number of carbonyl (C=O) groups excluding carboxylic acids is 1. The van der Waals surface area contributed by atoms with E-state index in [0.29, 0.717) is 10.9 Å². The Balaban J connectivity index is 0.00000147. The highest BCUT2D eigenvalue weighted by Gasteiger charge is 2.28. The van der Waals surface area contributed by atoms with Gasteiger partial charge in [-0.3, -0.25) is 9.89 Å². The van der Waals surface area contributed by atoms with Crippen LogP contribution in [-0.4, -0.2) is 51.6 Å². The Labute approximate surface area is 129 Å². The largest absolute Gasteiger partial charge is 0.335 e. The lowest BCUT2D eigenvalue weighted by atomic mass is 10.1. The number of nitrogens with zero attached hydrogens (tertiary/aromatic N) is 2. The Morgan fingerprint density at radius 1 is 1.55 bits per heavy atom. The minimum atomic E-state index is 0. The minimum absolute atomic E-state index is 0. The zero-order chi connectivity index (χ0) is 13.2. The van der Waals surface area contributed by atoms with Gasteiger partial charge in [-0.15, -0.1) is 12.4 Å². The van der Waals surface area contributed by atoms with E-state index < -0.39 is 0 Å². The second-order valence-electron chi connectivity index (χ2n) is 5.11. The molecule has 2 aliphatic rings. The molecule has 1 unspecified atom stereocenters. The zero-order valence-electron chi connectivity index (χ0n) is 11.6. The molecular formula is C13H21ClN4OS. The fourth-order valence-corrected chi connectivity index (χ4v) is 3.88. The van der Waals surface area contributed by atoms with E-state index in [1.54, 1.807) is 0 Å². The van der Waals surface area contributed by atoms with Crippen LogP contribution in [0.2, 0.25) is 0 Å². The molecule has 1 amide bonds. The van der Waals surface area contributed by atoms with Crippen LogP contribution < -0.4 is 5.32 Å². The number of halogens is 1. The van der Waals surface area contributed by atoms with Crippen molar-refractivity contribution in [1.29, 1.82) is 0 Å². The SMILES string of the molecule is CCC1CN(C(=O)c2n[nH]c3c2CNCC3)CCS1.Cl. The summed E-state index contributed by atoms with van der Waals surface area (Å²) in [5.74, 6) is 1.13. The van der Waals surface area contributed by atoms with Crippen LogP contribution >= 0.6 is 24.2 Å². The number of amides is 1. The fraction of sp³-hybridized carbons (Fsp3) is 0.692. The maximum atomic E-state index is 12.6. The molecule has 112 valence electrons. The van der Waals surface area contributed by atoms with Gasteiger partial charge in [0.15, 0.2) is 5.69 Å². The first kappa shape index (κ1) is 15.7. The number of aromatic amines is 1. The van der Waals surface area contributed by atoms with Crippen molar-refractivity contribution in [2.45, 2.75) is 31.6 Å². The minimum Gasteiger partial charge on any atom is -0.335 e. The van der Waals surface area contributed by atoms with Crippen LogP contribution in [0.5, 0.6) is 0 Å². The van der Waals surface area contributed by atoms with Gasteiger partial charge in [0.25, 0.3) is 5.91 Å². The summed E-state index contributed by atoms with van der Waals surface area (Å²) in [6, 6.07) is 0. The first-order valence-corrected chi connectivity index (χ1v) is 8.02. The van der Waals surface area contributed by atoms with Crippen molar-refractivity contribution in [2.75, 3.05) is 25.4 Å². The van der Waals surface area contributed by atoms with Gasteiger partial charge in [0.2, 0.25) is 0 Å². The number of aromatic nitrogens is 2. The van der Waals surface area contributed by atoms with E-state index >= 15 is 0 Å². The van der Waals surface area contributed by atoms with Gasteiger partial charge in [0.05, 0.1) is 0 Å². The summed E-state index contributed by atoms with van der Waals surface area (Å²) < 4.78 is 0. The molecule has 5 nitrogen and oxygen atoms in total. The predicted octanol–water partition coefficient (Wildman–Crippen LogP) is 1.44. The quantitative estimate of drug-likeness (QED) is 0.867. The van der Waals surface area contributed by atoms with Crippen molar-refractivity contribution in [3.63, 3.8) is 0 Å². The van der Waals surface area contributed by atoms with Crippen LogP contribution in [0.4, 0.5) is 0 Å². The van der Waals surface area contributed by atoms with Crippen molar-refractivity contribution in [1.82, 2.24) is 20.4 Å². The molecule has 0 bridgehead atoms. The van der Waals surface area contributed by atoms with Crippen molar-refractivity contribution in [2.24, 2.45) is 0 Å². The van der Waals surface area contributed by atoms with E-state index in [1.807, 2.05) is 16.7 Å². The van der Waals surface area contributed by atoms with Gasteiger partial charge in [-0.05, 0) is 6.42 Å². The third-order valence-corrected chi connectivity index (χ3v) is 5.26. The maximum Gasteiger partial charge on any atom is 0.274 e. The van der Waals surface area contributed by atoms with E-state index in [4.69, 9.17) is 0 Å². The predicted molar refractivity (Wildman–Crippen MR) is 83.7 cm³/mol. The second kappa shape index (κ2) is 6.83. The summed E-state index contributed by atoms with van der Waals surface area (Å²) in [6.07, 6.45) is 2.05. The number of H-pyrrole nitrogens is 1. The lowest BCUT2D eigenvalue weighted by Crippen LogP contribution is -2.42. The number of thioether (sulfide) groups is 1. The lowest BCUT2D eigenvalue weighted by molar-refractivity contribution is 0.0753. The smallest absolute Gasteiger partial charge is 0.274 e. The van der Waals surface area contributed by atoms with E-state index in [9.17, 15) is 4.79 Å². The van der Waals surface area contributed by atoms with Gasteiger partial charge in [0.1, 0.15) is 0 Å². The first-order chi connectivity index (χ1) is 9.29. The van der Waals surface area contributed by atoms with E-state index in [1.165, 1.54) is 0 Å². The molecule has 0 saturated carbocycles. The molecular weight excluding hydrogens is 296 g/mol. The molecule has 1 aromatic heterocycles. The lowest BCUT2D eigenvalue weighted by Gasteiger charge is -2.31.